The molecule has 0 aliphatic carbocycles. The molecule has 1 aromatic rings. The first-order valence-corrected chi connectivity index (χ1v) is 9.04. The minimum atomic E-state index is -0.202. The first kappa shape index (κ1) is 17.1. The van der Waals surface area contributed by atoms with Crippen LogP contribution in [0.25, 0.3) is 0 Å². The first-order valence-electron chi connectivity index (χ1n) is 9.04. The molecule has 0 radical (unpaired) electrons. The van der Waals surface area contributed by atoms with Crippen LogP contribution in [-0.4, -0.2) is 43.7 Å². The molecule has 3 unspecified atom stereocenters. The van der Waals surface area contributed by atoms with Gasteiger partial charge in [0.2, 0.25) is 0 Å². The number of carbonyl (C=O) groups excluding carboxylic acids is 1. The molecular formula is C19H28FN3O. The minimum absolute atomic E-state index is 0.0774. The Morgan fingerprint density at radius 2 is 1.83 bits per heavy atom. The fourth-order valence-corrected chi connectivity index (χ4v) is 4.06. The van der Waals surface area contributed by atoms with Gasteiger partial charge in [0.1, 0.15) is 5.82 Å². The van der Waals surface area contributed by atoms with Gasteiger partial charge in [0, 0.05) is 38.4 Å². The van der Waals surface area contributed by atoms with Gasteiger partial charge in [-0.25, -0.2) is 9.18 Å². The zero-order valence-corrected chi connectivity index (χ0v) is 14.7. The largest absolute Gasteiger partial charge is 0.371 e. The summed E-state index contributed by atoms with van der Waals surface area (Å²) in [5, 5.41) is 3.12. The van der Waals surface area contributed by atoms with Crippen LogP contribution in [0, 0.1) is 23.6 Å². The maximum Gasteiger partial charge on any atom is 0.317 e. The second kappa shape index (κ2) is 7.41. The molecule has 0 bridgehead atoms. The predicted molar refractivity (Wildman–Crippen MR) is 94.6 cm³/mol. The molecule has 2 aliphatic heterocycles. The maximum atomic E-state index is 13.0. The van der Waals surface area contributed by atoms with Gasteiger partial charge in [-0.1, -0.05) is 13.8 Å². The van der Waals surface area contributed by atoms with Crippen molar-refractivity contribution >= 4 is 11.7 Å². The Labute approximate surface area is 144 Å². The number of nitrogens with zero attached hydrogens (tertiary/aromatic N) is 2. The van der Waals surface area contributed by atoms with Gasteiger partial charge in [-0.3, -0.25) is 0 Å². The number of piperidine rings is 1. The molecule has 3 rings (SSSR count). The molecule has 1 N–H and O–H groups in total. The maximum absolute atomic E-state index is 13.0. The SMILES string of the molecule is CC1CC(C)CN(C(=O)NCC2CCN(c3ccc(F)cc3)C2)C1. The summed E-state index contributed by atoms with van der Waals surface area (Å²) < 4.78 is 13.0. The molecule has 2 amide bonds. The van der Waals surface area contributed by atoms with Crippen LogP contribution in [0.15, 0.2) is 24.3 Å². The van der Waals surface area contributed by atoms with E-state index in [1.54, 1.807) is 0 Å². The molecular weight excluding hydrogens is 305 g/mol. The molecule has 2 aliphatic rings. The summed E-state index contributed by atoms with van der Waals surface area (Å²) in [5.74, 6) is 1.42. The van der Waals surface area contributed by atoms with Crippen LogP contribution in [0.4, 0.5) is 14.9 Å². The number of anilines is 1. The van der Waals surface area contributed by atoms with Crippen LogP contribution in [-0.2, 0) is 0 Å². The van der Waals surface area contributed by atoms with Gasteiger partial charge >= 0.3 is 6.03 Å². The van der Waals surface area contributed by atoms with E-state index in [1.165, 1.54) is 18.6 Å². The summed E-state index contributed by atoms with van der Waals surface area (Å²) >= 11 is 0. The van der Waals surface area contributed by atoms with Crippen LogP contribution in [0.2, 0.25) is 0 Å². The van der Waals surface area contributed by atoms with Gasteiger partial charge in [0.15, 0.2) is 0 Å². The molecule has 1 aromatic carbocycles. The van der Waals surface area contributed by atoms with E-state index in [9.17, 15) is 9.18 Å². The lowest BCUT2D eigenvalue weighted by atomic mass is 9.92. The van der Waals surface area contributed by atoms with E-state index < -0.39 is 0 Å². The topological polar surface area (TPSA) is 35.6 Å². The quantitative estimate of drug-likeness (QED) is 0.921. The fourth-order valence-electron chi connectivity index (χ4n) is 4.06. The van der Waals surface area contributed by atoms with E-state index in [0.717, 1.165) is 44.8 Å². The van der Waals surface area contributed by atoms with Crippen molar-refractivity contribution in [3.05, 3.63) is 30.1 Å². The van der Waals surface area contributed by atoms with Crippen molar-refractivity contribution in [1.29, 1.82) is 0 Å². The number of hydrogen-bond donors (Lipinski definition) is 1. The van der Waals surface area contributed by atoms with Gasteiger partial charge < -0.3 is 15.1 Å². The van der Waals surface area contributed by atoms with Crippen molar-refractivity contribution in [3.8, 4) is 0 Å². The predicted octanol–water partition coefficient (Wildman–Crippen LogP) is 3.34. The smallest absolute Gasteiger partial charge is 0.317 e. The summed E-state index contributed by atoms with van der Waals surface area (Å²) in [4.78, 5) is 16.6. The number of carbonyl (C=O) groups is 1. The molecule has 24 heavy (non-hydrogen) atoms. The second-order valence-electron chi connectivity index (χ2n) is 7.61. The molecule has 0 spiro atoms. The van der Waals surface area contributed by atoms with Crippen LogP contribution in [0.3, 0.4) is 0 Å². The van der Waals surface area contributed by atoms with Crippen molar-refractivity contribution in [1.82, 2.24) is 10.2 Å². The summed E-state index contributed by atoms with van der Waals surface area (Å²) in [6.45, 7) is 8.75. The Balaban J connectivity index is 1.46. The number of amides is 2. The Hall–Kier alpha value is -1.78. The highest BCUT2D eigenvalue weighted by Gasteiger charge is 2.27. The number of benzene rings is 1. The van der Waals surface area contributed by atoms with Crippen molar-refractivity contribution in [2.45, 2.75) is 26.7 Å². The first-order chi connectivity index (χ1) is 11.5. The summed E-state index contributed by atoms with van der Waals surface area (Å²) in [7, 11) is 0. The van der Waals surface area contributed by atoms with Gasteiger partial charge in [-0.15, -0.1) is 0 Å². The van der Waals surface area contributed by atoms with Crippen LogP contribution < -0.4 is 10.2 Å². The number of likely N-dealkylation sites (tertiary alicyclic amines) is 1. The Kier molecular flexibility index (Phi) is 5.27. The zero-order valence-electron chi connectivity index (χ0n) is 14.7. The molecule has 2 saturated heterocycles. The third-order valence-corrected chi connectivity index (χ3v) is 5.18. The number of hydrogen-bond acceptors (Lipinski definition) is 2. The standard InChI is InChI=1S/C19H28FN3O/c1-14-9-15(2)12-23(11-14)19(24)21-10-16-7-8-22(13-16)18-5-3-17(20)4-6-18/h3-6,14-16H,7-13H2,1-2H3,(H,21,24). The molecule has 2 fully saturated rings. The summed E-state index contributed by atoms with van der Waals surface area (Å²) in [5.41, 5.74) is 1.06. The average molecular weight is 333 g/mol. The van der Waals surface area contributed by atoms with Crippen molar-refractivity contribution < 1.29 is 9.18 Å². The third-order valence-electron chi connectivity index (χ3n) is 5.18. The zero-order chi connectivity index (χ0) is 17.1. The number of urea groups is 1. The van der Waals surface area contributed by atoms with E-state index in [4.69, 9.17) is 0 Å². The van der Waals surface area contributed by atoms with E-state index in [2.05, 4.69) is 24.1 Å². The van der Waals surface area contributed by atoms with Gasteiger partial charge in [-0.2, -0.15) is 0 Å². The molecule has 132 valence electrons. The highest BCUT2D eigenvalue weighted by molar-refractivity contribution is 5.74. The number of rotatable bonds is 3. The lowest BCUT2D eigenvalue weighted by Gasteiger charge is -2.35. The normalized spacial score (nSPS) is 27.4. The van der Waals surface area contributed by atoms with Crippen molar-refractivity contribution in [2.75, 3.05) is 37.6 Å². The van der Waals surface area contributed by atoms with Crippen LogP contribution in [0.1, 0.15) is 26.7 Å². The van der Waals surface area contributed by atoms with Gasteiger partial charge in [0.05, 0.1) is 0 Å². The minimum Gasteiger partial charge on any atom is -0.371 e. The third kappa shape index (κ3) is 4.19. The summed E-state index contributed by atoms with van der Waals surface area (Å²) in [6.07, 6.45) is 2.27. The van der Waals surface area contributed by atoms with Crippen LogP contribution in [0.5, 0.6) is 0 Å². The molecule has 3 atom stereocenters. The van der Waals surface area contributed by atoms with E-state index >= 15 is 0 Å². The Bertz CT molecular complexity index is 552. The monoisotopic (exact) mass is 333 g/mol. The van der Waals surface area contributed by atoms with Crippen molar-refractivity contribution in [3.63, 3.8) is 0 Å². The highest BCUT2D eigenvalue weighted by atomic mass is 19.1. The van der Waals surface area contributed by atoms with E-state index in [1.807, 2.05) is 17.0 Å². The lowest BCUT2D eigenvalue weighted by molar-refractivity contribution is 0.145. The second-order valence-corrected chi connectivity index (χ2v) is 7.61. The molecule has 0 saturated carbocycles. The Morgan fingerprint density at radius 3 is 2.50 bits per heavy atom. The molecule has 2 heterocycles. The van der Waals surface area contributed by atoms with Crippen LogP contribution >= 0.6 is 0 Å². The van der Waals surface area contributed by atoms with E-state index in [0.29, 0.717) is 17.8 Å². The number of nitrogens with one attached hydrogen (secondary N) is 1. The number of halogens is 1. The van der Waals surface area contributed by atoms with Crippen molar-refractivity contribution in [2.24, 2.45) is 17.8 Å². The lowest BCUT2D eigenvalue weighted by Crippen LogP contribution is -2.48. The fraction of sp³-hybridized carbons (Fsp3) is 0.632. The molecule has 5 heteroatoms. The summed E-state index contributed by atoms with van der Waals surface area (Å²) in [6, 6.07) is 6.74. The molecule has 4 nitrogen and oxygen atoms in total. The molecule has 0 aromatic heterocycles. The Morgan fingerprint density at radius 1 is 1.17 bits per heavy atom. The van der Waals surface area contributed by atoms with Gasteiger partial charge in [-0.05, 0) is 54.9 Å². The highest BCUT2D eigenvalue weighted by Crippen LogP contribution is 2.24. The average Bonchev–Trinajstić information content (AvgIpc) is 3.01. The van der Waals surface area contributed by atoms with E-state index in [-0.39, 0.29) is 11.8 Å². The van der Waals surface area contributed by atoms with Gasteiger partial charge in [0.25, 0.3) is 0 Å².